The van der Waals surface area contributed by atoms with Crippen molar-refractivity contribution in [2.45, 2.75) is 19.9 Å². The van der Waals surface area contributed by atoms with E-state index in [-0.39, 0.29) is 6.04 Å². The summed E-state index contributed by atoms with van der Waals surface area (Å²) < 4.78 is 2.49. The van der Waals surface area contributed by atoms with Crippen LogP contribution >= 0.6 is 0 Å². The van der Waals surface area contributed by atoms with Gasteiger partial charge in [-0.1, -0.05) is 84.9 Å². The molecular formula is C39H33N3. The SMILES string of the molecule is CC(C)n1c2cc(N(c3ccccc3)c3ccccc3)ccc2c2ccc(N(c3ccccc3)c3ccccc3)cc21. The normalized spacial score (nSPS) is 11.3. The summed E-state index contributed by atoms with van der Waals surface area (Å²) in [5.41, 5.74) is 9.30. The lowest BCUT2D eigenvalue weighted by molar-refractivity contribution is 0.642. The Morgan fingerprint density at radius 3 is 0.976 bits per heavy atom. The molecule has 0 atom stereocenters. The smallest absolute Gasteiger partial charge is 0.0514 e. The van der Waals surface area contributed by atoms with E-state index in [4.69, 9.17) is 0 Å². The van der Waals surface area contributed by atoms with Gasteiger partial charge in [-0.15, -0.1) is 0 Å². The zero-order valence-electron chi connectivity index (χ0n) is 23.9. The van der Waals surface area contributed by atoms with Gasteiger partial charge in [0.15, 0.2) is 0 Å². The molecule has 42 heavy (non-hydrogen) atoms. The van der Waals surface area contributed by atoms with E-state index in [1.165, 1.54) is 21.8 Å². The lowest BCUT2D eigenvalue weighted by Gasteiger charge is -2.26. The van der Waals surface area contributed by atoms with Crippen LogP contribution in [-0.4, -0.2) is 4.57 Å². The molecule has 0 N–H and O–H groups in total. The Labute approximate surface area is 247 Å². The van der Waals surface area contributed by atoms with Gasteiger partial charge in [-0.05, 0) is 86.6 Å². The number of anilines is 6. The zero-order valence-corrected chi connectivity index (χ0v) is 23.9. The zero-order chi connectivity index (χ0) is 28.5. The first-order valence-corrected chi connectivity index (χ1v) is 14.6. The molecular weight excluding hydrogens is 510 g/mol. The number of fused-ring (bicyclic) bond motifs is 3. The van der Waals surface area contributed by atoms with Gasteiger partial charge < -0.3 is 14.4 Å². The number of hydrogen-bond donors (Lipinski definition) is 0. The highest BCUT2D eigenvalue weighted by Crippen LogP contribution is 2.42. The van der Waals surface area contributed by atoms with E-state index < -0.39 is 0 Å². The van der Waals surface area contributed by atoms with E-state index >= 15 is 0 Å². The Morgan fingerprint density at radius 2 is 0.690 bits per heavy atom. The fourth-order valence-electron chi connectivity index (χ4n) is 6.06. The second-order valence-electron chi connectivity index (χ2n) is 10.9. The molecule has 7 aromatic rings. The number of rotatable bonds is 7. The molecule has 0 fully saturated rings. The number of nitrogens with zero attached hydrogens (tertiary/aromatic N) is 3. The highest BCUT2D eigenvalue weighted by Gasteiger charge is 2.19. The van der Waals surface area contributed by atoms with Crippen molar-refractivity contribution >= 4 is 55.9 Å². The van der Waals surface area contributed by atoms with Gasteiger partial charge in [-0.3, -0.25) is 0 Å². The minimum Gasteiger partial charge on any atom is -0.338 e. The first-order valence-electron chi connectivity index (χ1n) is 14.6. The Balaban J connectivity index is 1.43. The third-order valence-electron chi connectivity index (χ3n) is 7.86. The minimum absolute atomic E-state index is 0.277. The van der Waals surface area contributed by atoms with Gasteiger partial charge in [0, 0.05) is 50.9 Å². The van der Waals surface area contributed by atoms with Gasteiger partial charge in [0.05, 0.1) is 11.0 Å². The van der Waals surface area contributed by atoms with Gasteiger partial charge in [0.2, 0.25) is 0 Å². The molecule has 0 aliphatic carbocycles. The molecule has 1 heterocycles. The summed E-state index contributed by atoms with van der Waals surface area (Å²) in [6, 6.07) is 56.5. The van der Waals surface area contributed by atoms with Crippen molar-refractivity contribution in [3.63, 3.8) is 0 Å². The largest absolute Gasteiger partial charge is 0.338 e. The Morgan fingerprint density at radius 1 is 0.381 bits per heavy atom. The maximum atomic E-state index is 2.49. The van der Waals surface area contributed by atoms with Crippen LogP contribution in [0.2, 0.25) is 0 Å². The fourth-order valence-corrected chi connectivity index (χ4v) is 6.06. The second-order valence-corrected chi connectivity index (χ2v) is 10.9. The van der Waals surface area contributed by atoms with Gasteiger partial charge >= 0.3 is 0 Å². The van der Waals surface area contributed by atoms with Crippen LogP contribution in [0.4, 0.5) is 34.1 Å². The van der Waals surface area contributed by atoms with Crippen LogP contribution in [0.5, 0.6) is 0 Å². The van der Waals surface area contributed by atoms with Crippen LogP contribution in [-0.2, 0) is 0 Å². The molecule has 0 aliphatic rings. The molecule has 0 bridgehead atoms. The topological polar surface area (TPSA) is 11.4 Å². The van der Waals surface area contributed by atoms with Crippen molar-refractivity contribution in [3.05, 3.63) is 158 Å². The van der Waals surface area contributed by atoms with Crippen LogP contribution in [0.1, 0.15) is 19.9 Å². The molecule has 0 unspecified atom stereocenters. The van der Waals surface area contributed by atoms with Crippen molar-refractivity contribution in [1.82, 2.24) is 4.57 Å². The third kappa shape index (κ3) is 4.59. The molecule has 1 aromatic heterocycles. The molecule has 0 amide bonds. The minimum atomic E-state index is 0.277. The molecule has 204 valence electrons. The molecule has 0 radical (unpaired) electrons. The van der Waals surface area contributed by atoms with Crippen LogP contribution in [0.15, 0.2) is 158 Å². The highest BCUT2D eigenvalue weighted by atomic mass is 15.2. The average molecular weight is 544 g/mol. The summed E-state index contributed by atoms with van der Waals surface area (Å²) in [4.78, 5) is 4.67. The first kappa shape index (κ1) is 25.7. The molecule has 6 aromatic carbocycles. The van der Waals surface area contributed by atoms with Gasteiger partial charge in [-0.2, -0.15) is 0 Å². The molecule has 0 aliphatic heterocycles. The second kappa shape index (κ2) is 10.9. The van der Waals surface area contributed by atoms with E-state index in [0.717, 1.165) is 34.1 Å². The summed E-state index contributed by atoms with van der Waals surface area (Å²) >= 11 is 0. The Hall–Kier alpha value is -5.28. The number of hydrogen-bond acceptors (Lipinski definition) is 2. The summed E-state index contributed by atoms with van der Waals surface area (Å²) in [7, 11) is 0. The number of benzene rings is 6. The summed E-state index contributed by atoms with van der Waals surface area (Å²) in [6.45, 7) is 4.55. The van der Waals surface area contributed by atoms with Crippen molar-refractivity contribution in [3.8, 4) is 0 Å². The van der Waals surface area contributed by atoms with Crippen LogP contribution < -0.4 is 9.80 Å². The quantitative estimate of drug-likeness (QED) is 0.198. The van der Waals surface area contributed by atoms with Crippen molar-refractivity contribution in [1.29, 1.82) is 0 Å². The third-order valence-corrected chi connectivity index (χ3v) is 7.86. The monoisotopic (exact) mass is 543 g/mol. The lowest BCUT2D eigenvalue weighted by Crippen LogP contribution is -2.10. The predicted molar refractivity (Wildman–Crippen MR) is 179 cm³/mol. The van der Waals surface area contributed by atoms with Crippen LogP contribution in [0.3, 0.4) is 0 Å². The van der Waals surface area contributed by atoms with Gasteiger partial charge in [0.25, 0.3) is 0 Å². The molecule has 0 saturated heterocycles. The van der Waals surface area contributed by atoms with E-state index in [1.54, 1.807) is 0 Å². The number of aromatic nitrogens is 1. The molecule has 0 spiro atoms. The Bertz CT molecular complexity index is 1720. The number of para-hydroxylation sites is 4. The first-order chi connectivity index (χ1) is 20.7. The van der Waals surface area contributed by atoms with Crippen molar-refractivity contribution in [2.75, 3.05) is 9.80 Å². The molecule has 0 saturated carbocycles. The molecule has 3 nitrogen and oxygen atoms in total. The average Bonchev–Trinajstić information content (AvgIpc) is 3.37. The van der Waals surface area contributed by atoms with Crippen molar-refractivity contribution in [2.24, 2.45) is 0 Å². The van der Waals surface area contributed by atoms with E-state index in [9.17, 15) is 0 Å². The van der Waals surface area contributed by atoms with Crippen molar-refractivity contribution < 1.29 is 0 Å². The lowest BCUT2D eigenvalue weighted by atomic mass is 10.1. The Kier molecular flexibility index (Phi) is 6.69. The highest BCUT2D eigenvalue weighted by molar-refractivity contribution is 6.10. The van der Waals surface area contributed by atoms with E-state index in [0.29, 0.717) is 0 Å². The standard InChI is InChI=1S/C39H33N3/c1-29(2)40-38-27-34(41(30-15-7-3-8-16-30)31-17-9-4-10-18-31)23-25-36(38)37-26-24-35(28-39(37)40)42(32-19-11-5-12-20-32)33-21-13-6-14-22-33/h3-29H,1-2H3. The van der Waals surface area contributed by atoms with E-state index in [2.05, 4.69) is 186 Å². The van der Waals surface area contributed by atoms with Crippen LogP contribution in [0.25, 0.3) is 21.8 Å². The van der Waals surface area contributed by atoms with Crippen LogP contribution in [0, 0.1) is 0 Å². The maximum absolute atomic E-state index is 2.49. The van der Waals surface area contributed by atoms with E-state index in [1.807, 2.05) is 0 Å². The summed E-state index contributed by atoms with van der Waals surface area (Å²) in [5.74, 6) is 0. The summed E-state index contributed by atoms with van der Waals surface area (Å²) in [5, 5.41) is 2.53. The fraction of sp³-hybridized carbons (Fsp3) is 0.0769. The predicted octanol–water partition coefficient (Wildman–Crippen LogP) is 11.3. The van der Waals surface area contributed by atoms with Gasteiger partial charge in [0.1, 0.15) is 0 Å². The summed E-state index contributed by atoms with van der Waals surface area (Å²) in [6.07, 6.45) is 0. The van der Waals surface area contributed by atoms with Gasteiger partial charge in [-0.25, -0.2) is 0 Å². The molecule has 3 heteroatoms. The molecule has 7 rings (SSSR count). The maximum Gasteiger partial charge on any atom is 0.0514 e.